The number of para-hydroxylation sites is 1. The van der Waals surface area contributed by atoms with Crippen molar-refractivity contribution in [2.45, 2.75) is 52.9 Å². The van der Waals surface area contributed by atoms with Gasteiger partial charge in [0, 0.05) is 12.1 Å². The van der Waals surface area contributed by atoms with Gasteiger partial charge in [0.25, 0.3) is 0 Å². The Labute approximate surface area is 126 Å². The van der Waals surface area contributed by atoms with Crippen molar-refractivity contribution < 1.29 is 14.7 Å². The van der Waals surface area contributed by atoms with E-state index >= 15 is 0 Å². The van der Waals surface area contributed by atoms with Crippen LogP contribution in [0, 0.1) is 5.41 Å². The molecular weight excluding hydrogens is 266 g/mol. The van der Waals surface area contributed by atoms with Crippen LogP contribution in [0.3, 0.4) is 0 Å². The first kappa shape index (κ1) is 17.2. The van der Waals surface area contributed by atoms with Crippen molar-refractivity contribution in [2.24, 2.45) is 5.41 Å². The van der Waals surface area contributed by atoms with Crippen LogP contribution >= 0.6 is 0 Å². The lowest BCUT2D eigenvalue weighted by Gasteiger charge is -2.25. The predicted molar refractivity (Wildman–Crippen MR) is 84.4 cm³/mol. The smallest absolute Gasteiger partial charge is 0.303 e. The van der Waals surface area contributed by atoms with Crippen LogP contribution < -0.4 is 5.32 Å². The minimum absolute atomic E-state index is 0.0265. The van der Waals surface area contributed by atoms with Gasteiger partial charge in [0.15, 0.2) is 0 Å². The third kappa shape index (κ3) is 5.58. The summed E-state index contributed by atoms with van der Waals surface area (Å²) < 4.78 is 0. The number of rotatable bonds is 5. The summed E-state index contributed by atoms with van der Waals surface area (Å²) in [5.41, 5.74) is 1.23. The van der Waals surface area contributed by atoms with Gasteiger partial charge in [-0.15, -0.1) is 0 Å². The molecule has 0 saturated carbocycles. The van der Waals surface area contributed by atoms with Gasteiger partial charge in [-0.2, -0.15) is 0 Å². The van der Waals surface area contributed by atoms with Crippen LogP contribution in [0.4, 0.5) is 5.69 Å². The third-order valence-electron chi connectivity index (χ3n) is 3.28. The van der Waals surface area contributed by atoms with Crippen molar-refractivity contribution in [3.8, 4) is 0 Å². The highest BCUT2D eigenvalue weighted by atomic mass is 16.4. The fourth-order valence-electron chi connectivity index (χ4n) is 2.35. The lowest BCUT2D eigenvalue weighted by Crippen LogP contribution is -2.26. The topological polar surface area (TPSA) is 66.4 Å². The summed E-state index contributed by atoms with van der Waals surface area (Å²) in [6.45, 7) is 9.85. The Kier molecular flexibility index (Phi) is 5.15. The van der Waals surface area contributed by atoms with E-state index in [9.17, 15) is 9.59 Å². The number of carboxylic acid groups (broad SMARTS) is 1. The van der Waals surface area contributed by atoms with Crippen LogP contribution in [0.15, 0.2) is 24.3 Å². The van der Waals surface area contributed by atoms with Gasteiger partial charge in [0.05, 0.1) is 6.42 Å². The molecule has 1 aromatic rings. The Morgan fingerprint density at radius 3 is 2.14 bits per heavy atom. The molecule has 0 aliphatic rings. The zero-order chi connectivity index (χ0) is 16.3. The van der Waals surface area contributed by atoms with Crippen LogP contribution in [0.25, 0.3) is 0 Å². The van der Waals surface area contributed by atoms with Gasteiger partial charge in [-0.3, -0.25) is 9.59 Å². The fourth-order valence-corrected chi connectivity index (χ4v) is 2.35. The molecule has 0 aliphatic carbocycles. The molecule has 0 radical (unpaired) electrons. The number of benzene rings is 1. The van der Waals surface area contributed by atoms with E-state index in [1.54, 1.807) is 13.8 Å². The average Bonchev–Trinajstić information content (AvgIpc) is 2.24. The quantitative estimate of drug-likeness (QED) is 0.866. The van der Waals surface area contributed by atoms with Gasteiger partial charge in [0.2, 0.25) is 5.91 Å². The van der Waals surface area contributed by atoms with Gasteiger partial charge in [-0.05, 0) is 22.5 Å². The Bertz CT molecular complexity index is 527. The second kappa shape index (κ2) is 6.29. The summed E-state index contributed by atoms with van der Waals surface area (Å²) in [6.07, 6.45) is 0.152. The SMILES string of the molecule is CC(C)(CC(=O)O)CC(=O)Nc1ccccc1C(C)(C)C. The number of nitrogens with one attached hydrogen (secondary N) is 1. The number of anilines is 1. The number of hydrogen-bond acceptors (Lipinski definition) is 2. The molecule has 0 aliphatic heterocycles. The maximum atomic E-state index is 12.2. The summed E-state index contributed by atoms with van der Waals surface area (Å²) in [5.74, 6) is -1.04. The highest BCUT2D eigenvalue weighted by Crippen LogP contribution is 2.30. The Hall–Kier alpha value is -1.84. The molecular formula is C17H25NO3. The van der Waals surface area contributed by atoms with Gasteiger partial charge in [-0.1, -0.05) is 52.8 Å². The zero-order valence-electron chi connectivity index (χ0n) is 13.5. The molecule has 0 atom stereocenters. The third-order valence-corrected chi connectivity index (χ3v) is 3.28. The van der Waals surface area contributed by atoms with Crippen molar-refractivity contribution in [2.75, 3.05) is 5.32 Å². The van der Waals surface area contributed by atoms with E-state index in [0.29, 0.717) is 0 Å². The lowest BCUT2D eigenvalue weighted by atomic mass is 9.84. The molecule has 4 nitrogen and oxygen atoms in total. The molecule has 0 bridgehead atoms. The van der Waals surface area contributed by atoms with Crippen molar-refractivity contribution >= 4 is 17.6 Å². The lowest BCUT2D eigenvalue weighted by molar-refractivity contribution is -0.139. The van der Waals surface area contributed by atoms with E-state index in [0.717, 1.165) is 11.3 Å². The maximum Gasteiger partial charge on any atom is 0.303 e. The van der Waals surface area contributed by atoms with E-state index < -0.39 is 11.4 Å². The maximum absolute atomic E-state index is 12.2. The summed E-state index contributed by atoms with van der Waals surface area (Å²) in [6, 6.07) is 7.71. The van der Waals surface area contributed by atoms with Crippen molar-refractivity contribution in [3.05, 3.63) is 29.8 Å². The summed E-state index contributed by atoms with van der Waals surface area (Å²) in [5, 5.41) is 11.8. The second-order valence-electron chi connectivity index (χ2n) is 7.26. The second-order valence-corrected chi connectivity index (χ2v) is 7.26. The van der Waals surface area contributed by atoms with E-state index in [1.807, 2.05) is 24.3 Å². The number of amides is 1. The first-order valence-electron chi connectivity index (χ1n) is 7.12. The highest BCUT2D eigenvalue weighted by Gasteiger charge is 2.26. The van der Waals surface area contributed by atoms with Gasteiger partial charge in [0.1, 0.15) is 0 Å². The first-order valence-corrected chi connectivity index (χ1v) is 7.12. The van der Waals surface area contributed by atoms with E-state index in [1.165, 1.54) is 0 Å². The molecule has 1 rings (SSSR count). The zero-order valence-corrected chi connectivity index (χ0v) is 13.5. The predicted octanol–water partition coefficient (Wildman–Crippen LogP) is 3.81. The Balaban J connectivity index is 2.83. The van der Waals surface area contributed by atoms with E-state index in [-0.39, 0.29) is 24.2 Å². The molecule has 1 amide bonds. The minimum Gasteiger partial charge on any atom is -0.481 e. The molecule has 0 spiro atoms. The highest BCUT2D eigenvalue weighted by molar-refractivity contribution is 5.92. The molecule has 0 unspecified atom stereocenters. The van der Waals surface area contributed by atoms with Crippen LogP contribution in [0.2, 0.25) is 0 Å². The van der Waals surface area contributed by atoms with Crippen LogP contribution in [-0.2, 0) is 15.0 Å². The van der Waals surface area contributed by atoms with Gasteiger partial charge in [-0.25, -0.2) is 0 Å². The Morgan fingerprint density at radius 2 is 1.62 bits per heavy atom. The standard InChI is InChI=1S/C17H25NO3/c1-16(2,3)12-8-6-7-9-13(12)18-14(19)10-17(4,5)11-15(20)21/h6-9H,10-11H2,1-5H3,(H,18,19)(H,20,21). The van der Waals surface area contributed by atoms with Crippen LogP contribution in [0.1, 0.15) is 53.0 Å². The molecule has 116 valence electrons. The normalized spacial score (nSPS) is 12.0. The van der Waals surface area contributed by atoms with Crippen molar-refractivity contribution in [3.63, 3.8) is 0 Å². The molecule has 0 heterocycles. The molecule has 4 heteroatoms. The number of carbonyl (C=O) groups is 2. The van der Waals surface area contributed by atoms with E-state index in [2.05, 4.69) is 26.1 Å². The number of carboxylic acids is 1. The molecule has 1 aromatic carbocycles. The monoisotopic (exact) mass is 291 g/mol. The van der Waals surface area contributed by atoms with E-state index in [4.69, 9.17) is 5.11 Å². The summed E-state index contributed by atoms with van der Waals surface area (Å²) >= 11 is 0. The minimum atomic E-state index is -0.886. The number of carbonyl (C=O) groups excluding carboxylic acids is 1. The molecule has 0 saturated heterocycles. The summed E-state index contributed by atoms with van der Waals surface area (Å²) in [4.78, 5) is 23.0. The summed E-state index contributed by atoms with van der Waals surface area (Å²) in [7, 11) is 0. The van der Waals surface area contributed by atoms with Crippen LogP contribution in [0.5, 0.6) is 0 Å². The van der Waals surface area contributed by atoms with Crippen LogP contribution in [-0.4, -0.2) is 17.0 Å². The fraction of sp³-hybridized carbons (Fsp3) is 0.529. The van der Waals surface area contributed by atoms with Gasteiger partial charge >= 0.3 is 5.97 Å². The van der Waals surface area contributed by atoms with Crippen molar-refractivity contribution in [1.82, 2.24) is 0 Å². The number of hydrogen-bond donors (Lipinski definition) is 2. The molecule has 0 aromatic heterocycles. The average molecular weight is 291 g/mol. The van der Waals surface area contributed by atoms with Crippen molar-refractivity contribution in [1.29, 1.82) is 0 Å². The molecule has 0 fully saturated rings. The largest absolute Gasteiger partial charge is 0.481 e. The first-order chi connectivity index (χ1) is 9.51. The molecule has 2 N–H and O–H groups in total. The number of aliphatic carboxylic acids is 1. The molecule has 21 heavy (non-hydrogen) atoms. The Morgan fingerprint density at radius 1 is 1.05 bits per heavy atom. The van der Waals surface area contributed by atoms with Gasteiger partial charge < -0.3 is 10.4 Å².